The van der Waals surface area contributed by atoms with E-state index in [9.17, 15) is 5.11 Å². The van der Waals surface area contributed by atoms with Gasteiger partial charge in [-0.3, -0.25) is 4.90 Å². The van der Waals surface area contributed by atoms with Gasteiger partial charge in [-0.2, -0.15) is 0 Å². The lowest BCUT2D eigenvalue weighted by molar-refractivity contribution is 0.105. The molecule has 1 saturated heterocycles. The number of benzene rings is 2. The number of hydrogen-bond donors (Lipinski definition) is 4. The molecule has 1 heterocycles. The Kier molecular flexibility index (Phi) is 6.89. The molecule has 1 aliphatic rings. The summed E-state index contributed by atoms with van der Waals surface area (Å²) >= 11 is 0. The van der Waals surface area contributed by atoms with E-state index < -0.39 is 6.10 Å². The lowest BCUT2D eigenvalue weighted by Gasteiger charge is -2.33. The molecular formula is C21H29N3O2. The van der Waals surface area contributed by atoms with Gasteiger partial charge < -0.3 is 20.8 Å². The molecule has 3 rings (SSSR count). The number of aliphatic hydroxyl groups excluding tert-OH is 2. The molecule has 5 nitrogen and oxygen atoms in total. The number of nitrogens with zero attached hydrogens (tertiary/aromatic N) is 1. The number of aliphatic hydroxyl groups is 2. The number of piperidine rings is 1. The highest BCUT2D eigenvalue weighted by atomic mass is 16.3. The van der Waals surface area contributed by atoms with Crippen LogP contribution in [-0.4, -0.2) is 53.5 Å². The van der Waals surface area contributed by atoms with Crippen molar-refractivity contribution in [1.82, 2.24) is 4.90 Å². The average Bonchev–Trinajstić information content (AvgIpc) is 2.69. The van der Waals surface area contributed by atoms with Crippen LogP contribution in [0.25, 0.3) is 0 Å². The average molecular weight is 355 g/mol. The molecule has 4 N–H and O–H groups in total. The van der Waals surface area contributed by atoms with Gasteiger partial charge in [0.25, 0.3) is 0 Å². The van der Waals surface area contributed by atoms with Crippen LogP contribution in [0.15, 0.2) is 54.6 Å². The van der Waals surface area contributed by atoms with Gasteiger partial charge in [-0.1, -0.05) is 42.5 Å². The van der Waals surface area contributed by atoms with E-state index in [2.05, 4.69) is 51.9 Å². The van der Waals surface area contributed by atoms with Gasteiger partial charge in [0.05, 0.1) is 24.1 Å². The van der Waals surface area contributed by atoms with Crippen LogP contribution in [0.3, 0.4) is 0 Å². The summed E-state index contributed by atoms with van der Waals surface area (Å²) in [7, 11) is 0. The third-order valence-corrected chi connectivity index (χ3v) is 4.86. The summed E-state index contributed by atoms with van der Waals surface area (Å²) in [6.45, 7) is 3.30. The molecule has 1 atom stereocenters. The molecule has 0 bridgehead atoms. The topological polar surface area (TPSA) is 67.8 Å². The fourth-order valence-corrected chi connectivity index (χ4v) is 3.35. The molecule has 140 valence electrons. The Morgan fingerprint density at radius 1 is 0.962 bits per heavy atom. The molecule has 2 aromatic carbocycles. The molecular weight excluding hydrogens is 326 g/mol. The van der Waals surface area contributed by atoms with Crippen molar-refractivity contribution < 1.29 is 10.2 Å². The summed E-state index contributed by atoms with van der Waals surface area (Å²) in [5.74, 6) is 0. The Morgan fingerprint density at radius 2 is 1.62 bits per heavy atom. The van der Waals surface area contributed by atoms with E-state index in [0.29, 0.717) is 12.6 Å². The largest absolute Gasteiger partial charge is 0.394 e. The first-order valence-electron chi connectivity index (χ1n) is 9.39. The van der Waals surface area contributed by atoms with Crippen LogP contribution < -0.4 is 10.6 Å². The summed E-state index contributed by atoms with van der Waals surface area (Å²) in [5.41, 5.74) is 3.39. The van der Waals surface area contributed by atoms with E-state index in [1.165, 1.54) is 5.56 Å². The second-order valence-electron chi connectivity index (χ2n) is 6.94. The number of hydrogen-bond acceptors (Lipinski definition) is 5. The lowest BCUT2D eigenvalue weighted by atomic mass is 10.0. The third kappa shape index (κ3) is 5.46. The Balaban J connectivity index is 1.50. The van der Waals surface area contributed by atoms with Gasteiger partial charge in [-0.25, -0.2) is 0 Å². The zero-order valence-electron chi connectivity index (χ0n) is 15.1. The molecule has 0 aliphatic carbocycles. The number of nitrogens with one attached hydrogen (secondary N) is 2. The van der Waals surface area contributed by atoms with Gasteiger partial charge in [0.1, 0.15) is 0 Å². The molecule has 2 aromatic rings. The highest BCUT2D eigenvalue weighted by Gasteiger charge is 2.19. The van der Waals surface area contributed by atoms with Gasteiger partial charge >= 0.3 is 0 Å². The zero-order valence-corrected chi connectivity index (χ0v) is 15.1. The molecule has 0 saturated carbocycles. The van der Waals surface area contributed by atoms with Crippen molar-refractivity contribution in [3.05, 3.63) is 60.2 Å². The lowest BCUT2D eigenvalue weighted by Crippen LogP contribution is -2.38. The Morgan fingerprint density at radius 3 is 2.31 bits per heavy atom. The van der Waals surface area contributed by atoms with Crippen molar-refractivity contribution in [2.45, 2.75) is 31.5 Å². The van der Waals surface area contributed by atoms with E-state index >= 15 is 0 Å². The van der Waals surface area contributed by atoms with Crippen molar-refractivity contribution in [3.63, 3.8) is 0 Å². The maximum Gasteiger partial charge on any atom is 0.0942 e. The Labute approximate surface area is 155 Å². The minimum absolute atomic E-state index is 0.234. The molecule has 0 aromatic heterocycles. The fourth-order valence-electron chi connectivity index (χ4n) is 3.35. The summed E-state index contributed by atoms with van der Waals surface area (Å²) in [4.78, 5) is 2.51. The molecule has 1 aliphatic heterocycles. The standard InChI is InChI=1S/C21H29N3O2/c25-16-19(26)14-22-20-8-4-5-9-21(20)23-18-10-12-24(13-11-18)15-17-6-2-1-3-7-17/h1-9,18-19,22-23,25-26H,10-16H2. The summed E-state index contributed by atoms with van der Waals surface area (Å²) in [5, 5.41) is 25.4. The molecule has 5 heteroatoms. The molecule has 0 spiro atoms. The summed E-state index contributed by atoms with van der Waals surface area (Å²) in [6.07, 6.45) is 1.48. The van der Waals surface area contributed by atoms with Crippen LogP contribution in [0, 0.1) is 0 Å². The molecule has 0 radical (unpaired) electrons. The summed E-state index contributed by atoms with van der Waals surface area (Å²) < 4.78 is 0. The van der Waals surface area contributed by atoms with Crippen molar-refractivity contribution in [3.8, 4) is 0 Å². The van der Waals surface area contributed by atoms with Crippen LogP contribution in [0.5, 0.6) is 0 Å². The van der Waals surface area contributed by atoms with E-state index in [1.54, 1.807) is 0 Å². The SMILES string of the molecule is OCC(O)CNc1ccccc1NC1CCN(Cc2ccccc2)CC1. The first-order valence-corrected chi connectivity index (χ1v) is 9.39. The number of likely N-dealkylation sites (tertiary alicyclic amines) is 1. The number of rotatable bonds is 8. The molecule has 1 unspecified atom stereocenters. The van der Waals surface area contributed by atoms with Crippen molar-refractivity contribution >= 4 is 11.4 Å². The van der Waals surface area contributed by atoms with Crippen LogP contribution in [0.1, 0.15) is 18.4 Å². The maximum absolute atomic E-state index is 9.54. The van der Waals surface area contributed by atoms with Gasteiger partial charge in [0.15, 0.2) is 0 Å². The smallest absolute Gasteiger partial charge is 0.0942 e. The highest BCUT2D eigenvalue weighted by molar-refractivity contribution is 5.69. The van der Waals surface area contributed by atoms with Gasteiger partial charge in [0.2, 0.25) is 0 Å². The van der Waals surface area contributed by atoms with E-state index in [4.69, 9.17) is 5.11 Å². The Bertz CT molecular complexity index is 657. The van der Waals surface area contributed by atoms with Gasteiger partial charge in [-0.15, -0.1) is 0 Å². The predicted molar refractivity (Wildman–Crippen MR) is 106 cm³/mol. The minimum Gasteiger partial charge on any atom is -0.394 e. The fraction of sp³-hybridized carbons (Fsp3) is 0.429. The Hall–Kier alpha value is -2.08. The van der Waals surface area contributed by atoms with Crippen LogP contribution in [0.2, 0.25) is 0 Å². The van der Waals surface area contributed by atoms with Crippen molar-refractivity contribution in [2.75, 3.05) is 36.9 Å². The van der Waals surface area contributed by atoms with Crippen molar-refractivity contribution in [1.29, 1.82) is 0 Å². The molecule has 1 fully saturated rings. The second-order valence-corrected chi connectivity index (χ2v) is 6.94. The number of para-hydroxylation sites is 2. The second kappa shape index (κ2) is 9.57. The van der Waals surface area contributed by atoms with Crippen LogP contribution in [0.4, 0.5) is 11.4 Å². The molecule has 0 amide bonds. The van der Waals surface area contributed by atoms with E-state index in [-0.39, 0.29) is 6.61 Å². The molecule has 26 heavy (non-hydrogen) atoms. The zero-order chi connectivity index (χ0) is 18.2. The number of anilines is 2. The van der Waals surface area contributed by atoms with Gasteiger partial charge in [0, 0.05) is 32.2 Å². The highest BCUT2D eigenvalue weighted by Crippen LogP contribution is 2.25. The van der Waals surface area contributed by atoms with Crippen molar-refractivity contribution in [2.24, 2.45) is 0 Å². The van der Waals surface area contributed by atoms with Crippen LogP contribution >= 0.6 is 0 Å². The van der Waals surface area contributed by atoms with Gasteiger partial charge in [-0.05, 0) is 30.5 Å². The minimum atomic E-state index is -0.746. The van der Waals surface area contributed by atoms with Crippen LogP contribution in [-0.2, 0) is 6.54 Å². The van der Waals surface area contributed by atoms with E-state index in [0.717, 1.165) is 43.9 Å². The predicted octanol–water partition coefficient (Wildman–Crippen LogP) is 2.53. The first kappa shape index (κ1) is 18.7. The normalized spacial score (nSPS) is 17.0. The van der Waals surface area contributed by atoms with E-state index in [1.807, 2.05) is 18.2 Å². The third-order valence-electron chi connectivity index (χ3n) is 4.86. The summed E-state index contributed by atoms with van der Waals surface area (Å²) in [6, 6.07) is 19.1. The first-order chi connectivity index (χ1) is 12.7. The quantitative estimate of drug-likeness (QED) is 0.586. The maximum atomic E-state index is 9.54. The monoisotopic (exact) mass is 355 g/mol.